The van der Waals surface area contributed by atoms with Gasteiger partial charge in [0.2, 0.25) is 5.91 Å². The van der Waals surface area contributed by atoms with Crippen LogP contribution in [-0.2, 0) is 11.3 Å². The minimum atomic E-state index is 0.0973. The highest BCUT2D eigenvalue weighted by Gasteiger charge is 2.16. The summed E-state index contributed by atoms with van der Waals surface area (Å²) in [6.45, 7) is 3.53. The van der Waals surface area contributed by atoms with E-state index in [-0.39, 0.29) is 5.91 Å². The molecule has 1 atom stereocenters. The first kappa shape index (κ1) is 13.4. The molecule has 0 aliphatic carbocycles. The first-order valence-corrected chi connectivity index (χ1v) is 7.39. The summed E-state index contributed by atoms with van der Waals surface area (Å²) in [6, 6.07) is 4.23. The van der Waals surface area contributed by atoms with E-state index in [0.29, 0.717) is 19.0 Å². The lowest BCUT2D eigenvalue weighted by Crippen LogP contribution is -2.41. The van der Waals surface area contributed by atoms with E-state index in [1.54, 1.807) is 6.20 Å². The minimum Gasteiger partial charge on any atom is -0.350 e. The molecule has 0 saturated carbocycles. The van der Waals surface area contributed by atoms with Gasteiger partial charge in [-0.25, -0.2) is 0 Å². The van der Waals surface area contributed by atoms with E-state index in [4.69, 9.17) is 0 Å². The predicted octanol–water partition coefficient (Wildman–Crippen LogP) is 1.10. The average Bonchev–Trinajstić information content (AvgIpc) is 2.39. The largest absolute Gasteiger partial charge is 0.350 e. The zero-order chi connectivity index (χ0) is 12.8. The number of hydrogen-bond acceptors (Lipinski definition) is 4. The van der Waals surface area contributed by atoms with Gasteiger partial charge < -0.3 is 10.6 Å². The van der Waals surface area contributed by atoms with Crippen molar-refractivity contribution in [3.8, 4) is 0 Å². The maximum absolute atomic E-state index is 11.8. The number of carbonyl (C=O) groups excluding carboxylic acids is 1. The molecule has 18 heavy (non-hydrogen) atoms. The Morgan fingerprint density at radius 1 is 1.67 bits per heavy atom. The lowest BCUT2D eigenvalue weighted by Gasteiger charge is -2.22. The number of carbonyl (C=O) groups is 1. The van der Waals surface area contributed by atoms with Gasteiger partial charge in [0.15, 0.2) is 0 Å². The summed E-state index contributed by atoms with van der Waals surface area (Å²) in [5.74, 6) is 2.27. The van der Waals surface area contributed by atoms with Crippen molar-refractivity contribution < 1.29 is 4.79 Å². The molecule has 1 amide bonds. The molecule has 4 nitrogen and oxygen atoms in total. The van der Waals surface area contributed by atoms with Crippen LogP contribution in [0, 0.1) is 6.92 Å². The zero-order valence-electron chi connectivity index (χ0n) is 10.6. The first-order chi connectivity index (χ1) is 8.75. The summed E-state index contributed by atoms with van der Waals surface area (Å²) >= 11 is 1.91. The van der Waals surface area contributed by atoms with Gasteiger partial charge in [-0.3, -0.25) is 9.78 Å². The molecule has 0 radical (unpaired) electrons. The van der Waals surface area contributed by atoms with Gasteiger partial charge in [0.25, 0.3) is 0 Å². The molecular formula is C13H19N3OS. The second-order valence-corrected chi connectivity index (χ2v) is 5.62. The van der Waals surface area contributed by atoms with Crippen LogP contribution in [0.1, 0.15) is 17.7 Å². The molecule has 0 spiro atoms. The minimum absolute atomic E-state index is 0.0973. The normalized spacial score (nSPS) is 19.5. The van der Waals surface area contributed by atoms with Gasteiger partial charge in [0, 0.05) is 36.7 Å². The second-order valence-electron chi connectivity index (χ2n) is 4.47. The van der Waals surface area contributed by atoms with Crippen LogP contribution in [-0.4, -0.2) is 35.0 Å². The average molecular weight is 265 g/mol. The highest BCUT2D eigenvalue weighted by molar-refractivity contribution is 7.99. The number of thioether (sulfide) groups is 1. The molecule has 2 heterocycles. The van der Waals surface area contributed by atoms with Gasteiger partial charge in [-0.05, 0) is 18.6 Å². The molecule has 2 rings (SSSR count). The lowest BCUT2D eigenvalue weighted by molar-refractivity contribution is -0.121. The molecule has 0 aromatic carbocycles. The molecule has 1 saturated heterocycles. The first-order valence-electron chi connectivity index (χ1n) is 6.24. The van der Waals surface area contributed by atoms with Crippen molar-refractivity contribution >= 4 is 17.7 Å². The number of amides is 1. The van der Waals surface area contributed by atoms with Crippen molar-refractivity contribution in [3.63, 3.8) is 0 Å². The van der Waals surface area contributed by atoms with Gasteiger partial charge in [0.1, 0.15) is 0 Å². The van der Waals surface area contributed by atoms with Gasteiger partial charge in [-0.2, -0.15) is 11.8 Å². The molecule has 1 aliphatic rings. The number of pyridine rings is 1. The van der Waals surface area contributed by atoms with E-state index >= 15 is 0 Å². The Morgan fingerprint density at radius 3 is 3.28 bits per heavy atom. The highest BCUT2D eigenvalue weighted by Crippen LogP contribution is 2.10. The molecule has 1 aromatic rings. The van der Waals surface area contributed by atoms with Crippen LogP contribution >= 0.6 is 11.8 Å². The Labute approximate surface area is 112 Å². The van der Waals surface area contributed by atoms with E-state index in [1.807, 2.05) is 30.8 Å². The van der Waals surface area contributed by atoms with Gasteiger partial charge in [0.05, 0.1) is 12.2 Å². The molecule has 1 fully saturated rings. The van der Waals surface area contributed by atoms with Crippen molar-refractivity contribution in [2.45, 2.75) is 25.9 Å². The summed E-state index contributed by atoms with van der Waals surface area (Å²) in [4.78, 5) is 16.1. The molecule has 5 heteroatoms. The maximum Gasteiger partial charge on any atom is 0.221 e. The summed E-state index contributed by atoms with van der Waals surface area (Å²) in [7, 11) is 0. The number of aryl methyl sites for hydroxylation is 1. The zero-order valence-corrected chi connectivity index (χ0v) is 11.4. The summed E-state index contributed by atoms with van der Waals surface area (Å²) in [6.07, 6.45) is 2.31. The topological polar surface area (TPSA) is 54.0 Å². The van der Waals surface area contributed by atoms with Crippen LogP contribution in [0.5, 0.6) is 0 Å². The Kier molecular flexibility index (Phi) is 5.01. The molecule has 98 valence electrons. The molecule has 0 bridgehead atoms. The summed E-state index contributed by atoms with van der Waals surface area (Å²) < 4.78 is 0. The standard InChI is InChI=1S/C13H19N3OS/c1-10-3-2-4-15-12(10)8-16-13(17)7-11-9-18-6-5-14-11/h2-4,11,14H,5-9H2,1H3,(H,16,17). The SMILES string of the molecule is Cc1cccnc1CNC(=O)CC1CSCCN1. The Hall–Kier alpha value is -1.07. The smallest absolute Gasteiger partial charge is 0.221 e. The van der Waals surface area contributed by atoms with Crippen LogP contribution in [0.15, 0.2) is 18.3 Å². The number of rotatable bonds is 4. The van der Waals surface area contributed by atoms with Crippen LogP contribution in [0.2, 0.25) is 0 Å². The highest BCUT2D eigenvalue weighted by atomic mass is 32.2. The quantitative estimate of drug-likeness (QED) is 0.856. The van der Waals surface area contributed by atoms with Crippen LogP contribution in [0.3, 0.4) is 0 Å². The Bertz CT molecular complexity index is 405. The summed E-state index contributed by atoms with van der Waals surface area (Å²) in [5.41, 5.74) is 2.06. The number of nitrogens with zero attached hydrogens (tertiary/aromatic N) is 1. The molecule has 2 N–H and O–H groups in total. The fourth-order valence-corrected chi connectivity index (χ4v) is 2.88. The van der Waals surface area contributed by atoms with Crippen LogP contribution < -0.4 is 10.6 Å². The lowest BCUT2D eigenvalue weighted by atomic mass is 10.2. The van der Waals surface area contributed by atoms with Crippen molar-refractivity contribution in [2.24, 2.45) is 0 Å². The van der Waals surface area contributed by atoms with Gasteiger partial charge in [-0.1, -0.05) is 6.07 Å². The van der Waals surface area contributed by atoms with Crippen molar-refractivity contribution in [2.75, 3.05) is 18.1 Å². The third-order valence-electron chi connectivity index (χ3n) is 3.00. The van der Waals surface area contributed by atoms with E-state index in [2.05, 4.69) is 15.6 Å². The third kappa shape index (κ3) is 3.99. The van der Waals surface area contributed by atoms with Crippen LogP contribution in [0.4, 0.5) is 0 Å². The van der Waals surface area contributed by atoms with Gasteiger partial charge in [-0.15, -0.1) is 0 Å². The van der Waals surface area contributed by atoms with E-state index in [0.717, 1.165) is 29.3 Å². The Morgan fingerprint density at radius 2 is 2.56 bits per heavy atom. The van der Waals surface area contributed by atoms with Crippen molar-refractivity contribution in [1.29, 1.82) is 0 Å². The van der Waals surface area contributed by atoms with E-state index < -0.39 is 0 Å². The number of aromatic nitrogens is 1. The molecular weight excluding hydrogens is 246 g/mol. The number of nitrogens with one attached hydrogen (secondary N) is 2. The third-order valence-corrected chi connectivity index (χ3v) is 4.13. The molecule has 1 unspecified atom stereocenters. The fraction of sp³-hybridized carbons (Fsp3) is 0.538. The second kappa shape index (κ2) is 6.75. The molecule has 1 aromatic heterocycles. The monoisotopic (exact) mass is 265 g/mol. The summed E-state index contributed by atoms with van der Waals surface area (Å²) in [5, 5.41) is 6.30. The van der Waals surface area contributed by atoms with Crippen molar-refractivity contribution in [3.05, 3.63) is 29.6 Å². The van der Waals surface area contributed by atoms with E-state index in [1.165, 1.54) is 0 Å². The van der Waals surface area contributed by atoms with Crippen molar-refractivity contribution in [1.82, 2.24) is 15.6 Å². The Balaban J connectivity index is 1.76. The fourth-order valence-electron chi connectivity index (χ4n) is 1.93. The van der Waals surface area contributed by atoms with Gasteiger partial charge >= 0.3 is 0 Å². The molecule has 1 aliphatic heterocycles. The predicted molar refractivity (Wildman–Crippen MR) is 74.6 cm³/mol. The van der Waals surface area contributed by atoms with E-state index in [9.17, 15) is 4.79 Å². The maximum atomic E-state index is 11.8. The number of hydrogen-bond donors (Lipinski definition) is 2. The van der Waals surface area contributed by atoms with Crippen LogP contribution in [0.25, 0.3) is 0 Å².